The Kier molecular flexibility index (Phi) is 6.80. The maximum atomic E-state index is 6.30. The molecule has 1 aromatic rings. The van der Waals surface area contributed by atoms with Crippen molar-refractivity contribution in [3.8, 4) is 0 Å². The molecular formula is C14H22Cl2N2. The van der Waals surface area contributed by atoms with E-state index in [-0.39, 0.29) is 0 Å². The first-order chi connectivity index (χ1) is 8.60. The molecule has 1 heterocycles. The van der Waals surface area contributed by atoms with Gasteiger partial charge in [-0.2, -0.15) is 0 Å². The van der Waals surface area contributed by atoms with Crippen LogP contribution in [-0.2, 0) is 5.88 Å². The minimum atomic E-state index is 0.397. The van der Waals surface area contributed by atoms with Gasteiger partial charge in [0.15, 0.2) is 0 Å². The van der Waals surface area contributed by atoms with Gasteiger partial charge in [0.2, 0.25) is 0 Å². The van der Waals surface area contributed by atoms with Crippen LogP contribution in [-0.4, -0.2) is 17.6 Å². The lowest BCUT2D eigenvalue weighted by Gasteiger charge is -2.28. The molecule has 0 aliphatic heterocycles. The number of alkyl halides is 1. The van der Waals surface area contributed by atoms with E-state index < -0.39 is 0 Å². The van der Waals surface area contributed by atoms with Gasteiger partial charge in [0.1, 0.15) is 5.82 Å². The third kappa shape index (κ3) is 4.33. The molecule has 0 amide bonds. The fourth-order valence-corrected chi connectivity index (χ4v) is 2.34. The molecule has 102 valence electrons. The van der Waals surface area contributed by atoms with E-state index in [2.05, 4.69) is 30.7 Å². The number of halogens is 2. The van der Waals surface area contributed by atoms with Gasteiger partial charge in [0.25, 0.3) is 0 Å². The van der Waals surface area contributed by atoms with E-state index in [0.29, 0.717) is 16.9 Å². The third-order valence-corrected chi connectivity index (χ3v) is 3.52. The number of hydrogen-bond acceptors (Lipinski definition) is 2. The molecule has 0 aliphatic rings. The molecule has 1 aromatic heterocycles. The molecule has 0 aromatic carbocycles. The van der Waals surface area contributed by atoms with Crippen LogP contribution in [0, 0.1) is 0 Å². The number of unbranched alkanes of at least 4 members (excludes halogenated alkanes) is 2. The van der Waals surface area contributed by atoms with E-state index in [1.165, 1.54) is 19.3 Å². The van der Waals surface area contributed by atoms with Crippen LogP contribution in [0.15, 0.2) is 12.3 Å². The predicted molar refractivity (Wildman–Crippen MR) is 80.8 cm³/mol. The lowest BCUT2D eigenvalue weighted by atomic mass is 10.2. The van der Waals surface area contributed by atoms with E-state index in [4.69, 9.17) is 23.2 Å². The normalized spacial score (nSPS) is 11.0. The maximum Gasteiger partial charge on any atom is 0.147 e. The zero-order chi connectivity index (χ0) is 13.5. The topological polar surface area (TPSA) is 16.1 Å². The van der Waals surface area contributed by atoms with Crippen molar-refractivity contribution in [2.45, 2.75) is 52.0 Å². The van der Waals surface area contributed by atoms with Gasteiger partial charge in [-0.15, -0.1) is 11.6 Å². The largest absolute Gasteiger partial charge is 0.353 e. The SMILES string of the molecule is CCCCCN(c1ncc(CCl)cc1Cl)C(C)C. The summed E-state index contributed by atoms with van der Waals surface area (Å²) in [6.07, 6.45) is 5.44. The van der Waals surface area contributed by atoms with Gasteiger partial charge in [-0.25, -0.2) is 4.98 Å². The van der Waals surface area contributed by atoms with Crippen molar-refractivity contribution in [3.63, 3.8) is 0 Å². The van der Waals surface area contributed by atoms with Crippen LogP contribution in [0.2, 0.25) is 5.02 Å². The van der Waals surface area contributed by atoms with Crippen LogP contribution in [0.1, 0.15) is 45.6 Å². The highest BCUT2D eigenvalue weighted by Gasteiger charge is 2.15. The summed E-state index contributed by atoms with van der Waals surface area (Å²) < 4.78 is 0. The molecule has 2 nitrogen and oxygen atoms in total. The van der Waals surface area contributed by atoms with Gasteiger partial charge in [-0.1, -0.05) is 31.4 Å². The van der Waals surface area contributed by atoms with Gasteiger partial charge in [0, 0.05) is 24.7 Å². The summed E-state index contributed by atoms with van der Waals surface area (Å²) in [4.78, 5) is 6.72. The molecule has 0 atom stereocenters. The average molecular weight is 289 g/mol. The van der Waals surface area contributed by atoms with Crippen molar-refractivity contribution >= 4 is 29.0 Å². The Labute approximate surface area is 120 Å². The minimum Gasteiger partial charge on any atom is -0.353 e. The number of anilines is 1. The highest BCUT2D eigenvalue weighted by molar-refractivity contribution is 6.33. The predicted octanol–water partition coefficient (Wildman–Crippen LogP) is 4.88. The van der Waals surface area contributed by atoms with Gasteiger partial charge in [-0.3, -0.25) is 0 Å². The van der Waals surface area contributed by atoms with E-state index in [1.807, 2.05) is 12.3 Å². The van der Waals surface area contributed by atoms with Crippen molar-refractivity contribution in [1.82, 2.24) is 4.98 Å². The second-order valence-electron chi connectivity index (χ2n) is 4.78. The highest BCUT2D eigenvalue weighted by Crippen LogP contribution is 2.26. The molecule has 4 heteroatoms. The van der Waals surface area contributed by atoms with E-state index in [0.717, 1.165) is 17.9 Å². The molecule has 0 bridgehead atoms. The lowest BCUT2D eigenvalue weighted by Crippen LogP contribution is -2.32. The number of rotatable bonds is 7. The fourth-order valence-electron chi connectivity index (χ4n) is 1.90. The summed E-state index contributed by atoms with van der Waals surface area (Å²) in [5, 5.41) is 0.693. The van der Waals surface area contributed by atoms with Crippen LogP contribution in [0.3, 0.4) is 0 Å². The first-order valence-corrected chi connectivity index (χ1v) is 7.48. The fraction of sp³-hybridized carbons (Fsp3) is 0.643. The average Bonchev–Trinajstić information content (AvgIpc) is 2.35. The van der Waals surface area contributed by atoms with E-state index in [9.17, 15) is 0 Å². The second kappa shape index (κ2) is 7.85. The summed E-state index contributed by atoms with van der Waals surface area (Å²) in [7, 11) is 0. The molecule has 0 radical (unpaired) electrons. The third-order valence-electron chi connectivity index (χ3n) is 2.93. The Morgan fingerprint density at radius 3 is 2.56 bits per heavy atom. The molecule has 0 aliphatic carbocycles. The first-order valence-electron chi connectivity index (χ1n) is 6.57. The number of hydrogen-bond donors (Lipinski definition) is 0. The molecule has 0 spiro atoms. The van der Waals surface area contributed by atoms with Crippen LogP contribution < -0.4 is 4.90 Å². The Morgan fingerprint density at radius 2 is 2.06 bits per heavy atom. The number of pyridine rings is 1. The minimum absolute atomic E-state index is 0.397. The zero-order valence-electron chi connectivity index (χ0n) is 11.4. The Balaban J connectivity index is 2.84. The zero-order valence-corrected chi connectivity index (χ0v) is 12.9. The van der Waals surface area contributed by atoms with Crippen LogP contribution in [0.25, 0.3) is 0 Å². The molecule has 18 heavy (non-hydrogen) atoms. The van der Waals surface area contributed by atoms with Crippen molar-refractivity contribution in [2.24, 2.45) is 0 Å². The molecule has 0 fully saturated rings. The van der Waals surface area contributed by atoms with Crippen LogP contribution >= 0.6 is 23.2 Å². The monoisotopic (exact) mass is 288 g/mol. The first kappa shape index (κ1) is 15.6. The summed E-state index contributed by atoms with van der Waals surface area (Å²) in [5.74, 6) is 1.32. The number of nitrogens with zero attached hydrogens (tertiary/aromatic N) is 2. The summed E-state index contributed by atoms with van der Waals surface area (Å²) in [5.41, 5.74) is 0.961. The van der Waals surface area contributed by atoms with Gasteiger partial charge in [-0.05, 0) is 31.9 Å². The Hall–Kier alpha value is -0.470. The molecule has 1 rings (SSSR count). The van der Waals surface area contributed by atoms with Crippen LogP contribution in [0.4, 0.5) is 5.82 Å². The van der Waals surface area contributed by atoms with Crippen molar-refractivity contribution < 1.29 is 0 Å². The van der Waals surface area contributed by atoms with Crippen molar-refractivity contribution in [2.75, 3.05) is 11.4 Å². The van der Waals surface area contributed by atoms with Crippen molar-refractivity contribution in [1.29, 1.82) is 0 Å². The standard InChI is InChI=1S/C14H22Cl2N2/c1-4-5-6-7-18(11(2)3)14-13(16)8-12(9-15)10-17-14/h8,10-11H,4-7,9H2,1-3H3. The molecular weight excluding hydrogens is 267 g/mol. The Morgan fingerprint density at radius 1 is 1.33 bits per heavy atom. The van der Waals surface area contributed by atoms with Crippen LogP contribution in [0.5, 0.6) is 0 Å². The quantitative estimate of drug-likeness (QED) is 0.525. The molecule has 0 saturated carbocycles. The number of aromatic nitrogens is 1. The maximum absolute atomic E-state index is 6.30. The summed E-state index contributed by atoms with van der Waals surface area (Å²) in [6.45, 7) is 7.54. The molecule has 0 saturated heterocycles. The van der Waals surface area contributed by atoms with Crippen molar-refractivity contribution in [3.05, 3.63) is 22.8 Å². The van der Waals surface area contributed by atoms with E-state index >= 15 is 0 Å². The smallest absolute Gasteiger partial charge is 0.147 e. The summed E-state index contributed by atoms with van der Waals surface area (Å²) >= 11 is 12.1. The lowest BCUT2D eigenvalue weighted by molar-refractivity contribution is 0.620. The molecule has 0 N–H and O–H groups in total. The van der Waals surface area contributed by atoms with Gasteiger partial charge in [0.05, 0.1) is 5.02 Å². The summed E-state index contributed by atoms with van der Waals surface area (Å²) in [6, 6.07) is 2.31. The van der Waals surface area contributed by atoms with E-state index in [1.54, 1.807) is 0 Å². The van der Waals surface area contributed by atoms with Gasteiger partial charge >= 0.3 is 0 Å². The molecule has 0 unspecified atom stereocenters. The highest BCUT2D eigenvalue weighted by atomic mass is 35.5. The Bertz CT molecular complexity index is 367. The second-order valence-corrected chi connectivity index (χ2v) is 5.45. The van der Waals surface area contributed by atoms with Gasteiger partial charge < -0.3 is 4.90 Å².